The van der Waals surface area contributed by atoms with E-state index < -0.39 is 10.8 Å². The number of nitrogens with one attached hydrogen (secondary N) is 1. The summed E-state index contributed by atoms with van der Waals surface area (Å²) >= 11 is 0. The molecule has 0 aromatic heterocycles. The lowest BCUT2D eigenvalue weighted by Crippen LogP contribution is -2.36. The second-order valence-electron chi connectivity index (χ2n) is 4.81. The molecule has 0 amide bonds. The molecule has 0 saturated carbocycles. The largest absolute Gasteiger partial charge is 0.308 e. The van der Waals surface area contributed by atoms with Crippen LogP contribution in [0.1, 0.15) is 11.6 Å². The van der Waals surface area contributed by atoms with Crippen LogP contribution in [-0.2, 0) is 10.8 Å². The molecule has 1 fully saturated rings. The Kier molecular flexibility index (Phi) is 3.76. The molecule has 1 heterocycles. The first kappa shape index (κ1) is 12.6. The number of hydrogen-bond acceptors (Lipinski definition) is 2. The van der Waals surface area contributed by atoms with E-state index in [-0.39, 0.29) is 6.04 Å². The molecule has 2 unspecified atom stereocenters. The van der Waals surface area contributed by atoms with Crippen molar-refractivity contribution in [1.82, 2.24) is 5.32 Å². The van der Waals surface area contributed by atoms with Crippen LogP contribution in [0.2, 0.25) is 0 Å². The third-order valence-electron chi connectivity index (χ3n) is 3.49. The molecular weight excluding hydrogens is 254 g/mol. The van der Waals surface area contributed by atoms with E-state index in [1.165, 1.54) is 16.7 Å². The molecule has 1 saturated heterocycles. The maximum Gasteiger partial charge on any atom is 0.0437 e. The van der Waals surface area contributed by atoms with Crippen molar-refractivity contribution >= 4 is 10.8 Å². The summed E-state index contributed by atoms with van der Waals surface area (Å²) in [6.07, 6.45) is 0. The first-order valence-corrected chi connectivity index (χ1v) is 8.05. The Bertz CT molecular complexity index is 565. The number of rotatable bonds is 2. The van der Waals surface area contributed by atoms with E-state index in [0.717, 1.165) is 18.1 Å². The molecule has 3 rings (SSSR count). The van der Waals surface area contributed by atoms with Gasteiger partial charge >= 0.3 is 0 Å². The Labute approximate surface area is 116 Å². The van der Waals surface area contributed by atoms with Crippen LogP contribution in [0.25, 0.3) is 11.1 Å². The van der Waals surface area contributed by atoms with E-state index >= 15 is 0 Å². The third-order valence-corrected chi connectivity index (χ3v) is 4.86. The highest BCUT2D eigenvalue weighted by molar-refractivity contribution is 7.85. The van der Waals surface area contributed by atoms with Gasteiger partial charge in [-0.05, 0) is 16.7 Å². The molecule has 2 atom stereocenters. The molecule has 0 spiro atoms. The standard InChI is InChI=1S/C16H17NOS/c18-19-11-10-17-16(12-19)15-8-6-14(7-9-15)13-4-2-1-3-5-13/h1-9,16-17H,10-12H2. The second-order valence-corrected chi connectivity index (χ2v) is 6.43. The van der Waals surface area contributed by atoms with Crippen molar-refractivity contribution in [2.75, 3.05) is 18.1 Å². The van der Waals surface area contributed by atoms with Gasteiger partial charge in [0.15, 0.2) is 0 Å². The molecule has 0 aliphatic carbocycles. The van der Waals surface area contributed by atoms with Crippen LogP contribution in [0.15, 0.2) is 54.6 Å². The molecule has 98 valence electrons. The van der Waals surface area contributed by atoms with Crippen molar-refractivity contribution in [3.05, 3.63) is 60.2 Å². The zero-order valence-electron chi connectivity index (χ0n) is 10.7. The highest BCUT2D eigenvalue weighted by Crippen LogP contribution is 2.23. The maximum atomic E-state index is 11.6. The third kappa shape index (κ3) is 2.94. The van der Waals surface area contributed by atoms with Gasteiger partial charge in [-0.2, -0.15) is 0 Å². The van der Waals surface area contributed by atoms with Gasteiger partial charge in [-0.15, -0.1) is 0 Å². The number of benzene rings is 2. The summed E-state index contributed by atoms with van der Waals surface area (Å²) in [5.74, 6) is 1.50. The molecule has 2 aromatic carbocycles. The van der Waals surface area contributed by atoms with Crippen molar-refractivity contribution in [2.24, 2.45) is 0 Å². The van der Waals surface area contributed by atoms with Crippen LogP contribution in [0, 0.1) is 0 Å². The summed E-state index contributed by atoms with van der Waals surface area (Å²) in [5, 5.41) is 3.43. The molecule has 0 bridgehead atoms. The molecule has 3 heteroatoms. The molecule has 2 nitrogen and oxygen atoms in total. The average molecular weight is 271 g/mol. The van der Waals surface area contributed by atoms with Crippen molar-refractivity contribution in [3.63, 3.8) is 0 Å². The van der Waals surface area contributed by atoms with Crippen molar-refractivity contribution in [1.29, 1.82) is 0 Å². The summed E-state index contributed by atoms with van der Waals surface area (Å²) in [5.41, 5.74) is 3.68. The fourth-order valence-electron chi connectivity index (χ4n) is 2.43. The summed E-state index contributed by atoms with van der Waals surface area (Å²) in [7, 11) is -0.675. The molecule has 1 aliphatic heterocycles. The minimum atomic E-state index is -0.675. The molecule has 1 N–H and O–H groups in total. The number of hydrogen-bond donors (Lipinski definition) is 1. The zero-order chi connectivity index (χ0) is 13.1. The van der Waals surface area contributed by atoms with Gasteiger partial charge in [-0.3, -0.25) is 4.21 Å². The van der Waals surface area contributed by atoms with Crippen LogP contribution >= 0.6 is 0 Å². The van der Waals surface area contributed by atoms with Crippen LogP contribution in [0.4, 0.5) is 0 Å². The zero-order valence-corrected chi connectivity index (χ0v) is 11.5. The summed E-state index contributed by atoms with van der Waals surface area (Å²) < 4.78 is 11.6. The van der Waals surface area contributed by atoms with Crippen molar-refractivity contribution < 1.29 is 4.21 Å². The van der Waals surface area contributed by atoms with E-state index in [1.807, 2.05) is 6.07 Å². The molecule has 0 radical (unpaired) electrons. The van der Waals surface area contributed by atoms with Gasteiger partial charge < -0.3 is 5.32 Å². The van der Waals surface area contributed by atoms with Gasteiger partial charge in [0.25, 0.3) is 0 Å². The summed E-state index contributed by atoms with van der Waals surface area (Å²) in [4.78, 5) is 0. The monoisotopic (exact) mass is 271 g/mol. The van der Waals surface area contributed by atoms with Gasteiger partial charge in [0.2, 0.25) is 0 Å². The fourth-order valence-corrected chi connectivity index (χ4v) is 3.62. The topological polar surface area (TPSA) is 29.1 Å². The highest BCUT2D eigenvalue weighted by atomic mass is 32.2. The van der Waals surface area contributed by atoms with E-state index in [4.69, 9.17) is 0 Å². The lowest BCUT2D eigenvalue weighted by Gasteiger charge is -2.23. The van der Waals surface area contributed by atoms with Gasteiger partial charge in [-0.1, -0.05) is 54.6 Å². The average Bonchev–Trinajstić information content (AvgIpc) is 2.48. The Morgan fingerprint density at radius 2 is 1.63 bits per heavy atom. The fraction of sp³-hybridized carbons (Fsp3) is 0.250. The summed E-state index contributed by atoms with van der Waals surface area (Å²) in [6, 6.07) is 19.2. The van der Waals surface area contributed by atoms with Gasteiger partial charge in [0, 0.05) is 34.9 Å². The first-order valence-electron chi connectivity index (χ1n) is 6.57. The lowest BCUT2D eigenvalue weighted by molar-refractivity contribution is 0.572. The molecule has 19 heavy (non-hydrogen) atoms. The van der Waals surface area contributed by atoms with E-state index in [0.29, 0.717) is 0 Å². The highest BCUT2D eigenvalue weighted by Gasteiger charge is 2.19. The minimum absolute atomic E-state index is 0.236. The van der Waals surface area contributed by atoms with E-state index in [9.17, 15) is 4.21 Å². The Morgan fingerprint density at radius 1 is 0.947 bits per heavy atom. The van der Waals surface area contributed by atoms with Crippen LogP contribution < -0.4 is 5.32 Å². The van der Waals surface area contributed by atoms with Crippen molar-refractivity contribution in [3.8, 4) is 11.1 Å². The van der Waals surface area contributed by atoms with Gasteiger partial charge in [0.05, 0.1) is 0 Å². The maximum absolute atomic E-state index is 11.6. The van der Waals surface area contributed by atoms with Gasteiger partial charge in [0.1, 0.15) is 0 Å². The quantitative estimate of drug-likeness (QED) is 0.910. The lowest BCUT2D eigenvalue weighted by atomic mass is 10.0. The predicted octanol–water partition coefficient (Wildman–Crippen LogP) is 2.75. The van der Waals surface area contributed by atoms with Crippen LogP contribution in [-0.4, -0.2) is 22.3 Å². The SMILES string of the molecule is O=S1CCNC(c2ccc(-c3ccccc3)cc2)C1. The molecular formula is C16H17NOS. The second kappa shape index (κ2) is 5.68. The predicted molar refractivity (Wildman–Crippen MR) is 80.5 cm³/mol. The Morgan fingerprint density at radius 3 is 2.32 bits per heavy atom. The van der Waals surface area contributed by atoms with E-state index in [2.05, 4.69) is 53.8 Å². The Hall–Kier alpha value is -1.45. The first-order chi connectivity index (χ1) is 9.33. The molecule has 2 aromatic rings. The van der Waals surface area contributed by atoms with Gasteiger partial charge in [-0.25, -0.2) is 0 Å². The Balaban J connectivity index is 1.81. The smallest absolute Gasteiger partial charge is 0.0437 e. The summed E-state index contributed by atoms with van der Waals surface area (Å²) in [6.45, 7) is 0.845. The van der Waals surface area contributed by atoms with Crippen LogP contribution in [0.3, 0.4) is 0 Å². The van der Waals surface area contributed by atoms with Crippen LogP contribution in [0.5, 0.6) is 0 Å². The van der Waals surface area contributed by atoms with Crippen molar-refractivity contribution in [2.45, 2.75) is 6.04 Å². The normalized spacial score (nSPS) is 23.2. The molecule has 1 aliphatic rings. The van der Waals surface area contributed by atoms with E-state index in [1.54, 1.807) is 0 Å². The minimum Gasteiger partial charge on any atom is -0.308 e.